The van der Waals surface area contributed by atoms with E-state index in [2.05, 4.69) is 48.5 Å². The number of rotatable bonds is 0. The normalized spacial score (nSPS) is 11.2. The van der Waals surface area contributed by atoms with E-state index in [1.165, 1.54) is 6.42 Å². The average Bonchev–Trinajstić information content (AvgIpc) is 1.81. The quantitative estimate of drug-likeness (QED) is 0.614. The second-order valence-corrected chi connectivity index (χ2v) is 6.40. The maximum Gasteiger partial charge on any atom is 0.0563 e. The van der Waals surface area contributed by atoms with Gasteiger partial charge in [-0.05, 0) is 32.1 Å². The van der Waals surface area contributed by atoms with E-state index in [9.17, 15) is 0 Å². The van der Waals surface area contributed by atoms with Crippen molar-refractivity contribution in [2.24, 2.45) is 11.3 Å². The molecule has 0 aromatic rings. The molecule has 0 saturated heterocycles. The Labute approximate surface area is 98.3 Å². The summed E-state index contributed by atoms with van der Waals surface area (Å²) in [6.07, 6.45) is 1.25. The van der Waals surface area contributed by atoms with Gasteiger partial charge in [0, 0.05) is 0 Å². The van der Waals surface area contributed by atoms with Crippen molar-refractivity contribution in [2.75, 3.05) is 0 Å². The van der Waals surface area contributed by atoms with Crippen LogP contribution in [-0.4, -0.2) is 10.7 Å². The SMILES string of the molecule is CC(C)(C)O.CC(C)C(C)(C)C.CCC. The van der Waals surface area contributed by atoms with Gasteiger partial charge in [-0.3, -0.25) is 0 Å². The first-order valence-electron chi connectivity index (χ1n) is 6.08. The molecule has 0 saturated carbocycles. The lowest BCUT2D eigenvalue weighted by molar-refractivity contribution is 0.102. The summed E-state index contributed by atoms with van der Waals surface area (Å²) in [5.74, 6) is 0.799. The highest BCUT2D eigenvalue weighted by Crippen LogP contribution is 2.23. The summed E-state index contributed by atoms with van der Waals surface area (Å²) < 4.78 is 0. The molecule has 1 nitrogen and oxygen atoms in total. The van der Waals surface area contributed by atoms with Gasteiger partial charge in [0.05, 0.1) is 5.60 Å². The lowest BCUT2D eigenvalue weighted by atomic mass is 9.84. The molecule has 96 valence electrons. The van der Waals surface area contributed by atoms with Crippen molar-refractivity contribution in [1.29, 1.82) is 0 Å². The van der Waals surface area contributed by atoms with E-state index in [0.717, 1.165) is 5.92 Å². The Morgan fingerprint density at radius 3 is 0.933 bits per heavy atom. The molecule has 15 heavy (non-hydrogen) atoms. The molecule has 0 fully saturated rings. The van der Waals surface area contributed by atoms with Crippen molar-refractivity contribution < 1.29 is 5.11 Å². The van der Waals surface area contributed by atoms with E-state index < -0.39 is 5.60 Å². The molecular weight excluding hydrogens is 184 g/mol. The Morgan fingerprint density at radius 1 is 0.867 bits per heavy atom. The fourth-order valence-corrected chi connectivity index (χ4v) is 0. The van der Waals surface area contributed by atoms with Crippen LogP contribution in [0.3, 0.4) is 0 Å². The zero-order chi connectivity index (χ0) is 13.3. The molecule has 0 radical (unpaired) electrons. The molecule has 0 spiro atoms. The summed E-state index contributed by atoms with van der Waals surface area (Å²) in [6.45, 7) is 20.8. The van der Waals surface area contributed by atoms with Crippen molar-refractivity contribution in [1.82, 2.24) is 0 Å². The second kappa shape index (κ2) is 9.21. The molecule has 0 rings (SSSR count). The van der Waals surface area contributed by atoms with Gasteiger partial charge in [-0.1, -0.05) is 54.9 Å². The summed E-state index contributed by atoms with van der Waals surface area (Å²) in [5.41, 5.74) is 0. The first-order valence-corrected chi connectivity index (χ1v) is 6.08. The van der Waals surface area contributed by atoms with Crippen LogP contribution in [0.5, 0.6) is 0 Å². The van der Waals surface area contributed by atoms with Crippen LogP contribution in [0.1, 0.15) is 75.7 Å². The predicted octanol–water partition coefficient (Wildman–Crippen LogP) is 4.88. The van der Waals surface area contributed by atoms with Crippen LogP contribution in [0.4, 0.5) is 0 Å². The Morgan fingerprint density at radius 2 is 0.933 bits per heavy atom. The van der Waals surface area contributed by atoms with Crippen molar-refractivity contribution in [2.45, 2.75) is 81.3 Å². The van der Waals surface area contributed by atoms with E-state index in [1.807, 2.05) is 0 Å². The third kappa shape index (κ3) is 56.2. The highest BCUT2D eigenvalue weighted by atomic mass is 16.3. The van der Waals surface area contributed by atoms with Gasteiger partial charge < -0.3 is 5.11 Å². The Hall–Kier alpha value is -0.0400. The fourth-order valence-electron chi connectivity index (χ4n) is 0. The van der Waals surface area contributed by atoms with Gasteiger partial charge in [0.15, 0.2) is 0 Å². The molecule has 0 atom stereocenters. The molecule has 0 heterocycles. The molecule has 0 aromatic carbocycles. The first kappa shape index (κ1) is 20.4. The van der Waals surface area contributed by atoms with Gasteiger partial charge in [0.2, 0.25) is 0 Å². The van der Waals surface area contributed by atoms with Crippen LogP contribution >= 0.6 is 0 Å². The molecule has 0 aliphatic heterocycles. The monoisotopic (exact) mass is 218 g/mol. The second-order valence-electron chi connectivity index (χ2n) is 6.40. The summed E-state index contributed by atoms with van der Waals surface area (Å²) >= 11 is 0. The van der Waals surface area contributed by atoms with Gasteiger partial charge in [-0.25, -0.2) is 0 Å². The molecule has 0 aliphatic carbocycles. The topological polar surface area (TPSA) is 20.2 Å². The Balaban J connectivity index is -0.000000158. The maximum absolute atomic E-state index is 8.52. The lowest BCUT2D eigenvalue weighted by Gasteiger charge is -2.22. The zero-order valence-corrected chi connectivity index (χ0v) is 12.7. The van der Waals surface area contributed by atoms with Crippen LogP contribution < -0.4 is 0 Å². The van der Waals surface area contributed by atoms with Crippen molar-refractivity contribution >= 4 is 0 Å². The first-order chi connectivity index (χ1) is 6.36. The summed E-state index contributed by atoms with van der Waals surface area (Å²) in [4.78, 5) is 0. The number of aliphatic hydroxyl groups is 1. The number of hydrogen-bond acceptors (Lipinski definition) is 1. The van der Waals surface area contributed by atoms with Gasteiger partial charge in [0.25, 0.3) is 0 Å². The van der Waals surface area contributed by atoms with Gasteiger partial charge >= 0.3 is 0 Å². The molecule has 1 N–H and O–H groups in total. The number of hydrogen-bond donors (Lipinski definition) is 1. The molecule has 0 amide bonds. The lowest BCUT2D eigenvalue weighted by Crippen LogP contribution is -2.12. The fraction of sp³-hybridized carbons (Fsp3) is 1.00. The zero-order valence-electron chi connectivity index (χ0n) is 12.7. The minimum atomic E-state index is -0.500. The summed E-state index contributed by atoms with van der Waals surface area (Å²) in [7, 11) is 0. The maximum atomic E-state index is 8.52. The highest BCUT2D eigenvalue weighted by Gasteiger charge is 2.13. The van der Waals surface area contributed by atoms with Crippen molar-refractivity contribution in [3.8, 4) is 0 Å². The summed E-state index contributed by atoms with van der Waals surface area (Å²) in [5, 5.41) is 8.52. The van der Waals surface area contributed by atoms with Crippen LogP contribution in [-0.2, 0) is 0 Å². The molecule has 1 heteroatoms. The Bertz CT molecular complexity index is 106. The standard InChI is InChI=1S/C7H16.C4H10O.C3H8/c1-6(2)7(3,4)5;1-4(2,3)5;1-3-2/h6H,1-5H3;5H,1-3H3;3H2,1-2H3. The van der Waals surface area contributed by atoms with Gasteiger partial charge in [-0.2, -0.15) is 0 Å². The van der Waals surface area contributed by atoms with Crippen molar-refractivity contribution in [3.63, 3.8) is 0 Å². The van der Waals surface area contributed by atoms with Crippen molar-refractivity contribution in [3.05, 3.63) is 0 Å². The minimum absolute atomic E-state index is 0.500. The van der Waals surface area contributed by atoms with Crippen LogP contribution in [0, 0.1) is 11.3 Å². The third-order valence-corrected chi connectivity index (χ3v) is 1.73. The molecule has 0 bridgehead atoms. The van der Waals surface area contributed by atoms with E-state index in [-0.39, 0.29) is 0 Å². The highest BCUT2D eigenvalue weighted by molar-refractivity contribution is 4.64. The van der Waals surface area contributed by atoms with E-state index >= 15 is 0 Å². The largest absolute Gasteiger partial charge is 0.391 e. The Kier molecular flexibility index (Phi) is 12.5. The predicted molar refractivity (Wildman–Crippen MR) is 72.2 cm³/mol. The van der Waals surface area contributed by atoms with Gasteiger partial charge in [-0.15, -0.1) is 0 Å². The molecule has 0 aliphatic rings. The third-order valence-electron chi connectivity index (χ3n) is 1.73. The van der Waals surface area contributed by atoms with Gasteiger partial charge in [0.1, 0.15) is 0 Å². The minimum Gasteiger partial charge on any atom is -0.391 e. The van der Waals surface area contributed by atoms with Crippen LogP contribution in [0.25, 0.3) is 0 Å². The van der Waals surface area contributed by atoms with E-state index in [0.29, 0.717) is 5.41 Å². The van der Waals surface area contributed by atoms with E-state index in [4.69, 9.17) is 5.11 Å². The summed E-state index contributed by atoms with van der Waals surface area (Å²) in [6, 6.07) is 0. The van der Waals surface area contributed by atoms with E-state index in [1.54, 1.807) is 20.8 Å². The smallest absolute Gasteiger partial charge is 0.0563 e. The van der Waals surface area contributed by atoms with Crippen LogP contribution in [0.2, 0.25) is 0 Å². The van der Waals surface area contributed by atoms with Crippen LogP contribution in [0.15, 0.2) is 0 Å². The molecular formula is C14H34O. The molecule has 0 unspecified atom stereocenters. The molecule has 0 aromatic heterocycles. The average molecular weight is 218 g/mol.